The molecule has 0 fully saturated rings. The molecule has 4 heteroatoms. The van der Waals surface area contributed by atoms with E-state index in [-0.39, 0.29) is 11.9 Å². The molecule has 3 rings (SSSR count). The van der Waals surface area contributed by atoms with Crippen LogP contribution in [0.1, 0.15) is 34.6 Å². The Kier molecular flexibility index (Phi) is 5.09. The van der Waals surface area contributed by atoms with E-state index in [1.165, 1.54) is 5.56 Å². The second kappa shape index (κ2) is 7.62. The van der Waals surface area contributed by atoms with Crippen LogP contribution in [0.3, 0.4) is 0 Å². The summed E-state index contributed by atoms with van der Waals surface area (Å²) in [4.78, 5) is 16.6. The first-order valence-corrected chi connectivity index (χ1v) is 8.27. The predicted molar refractivity (Wildman–Crippen MR) is 102 cm³/mol. The zero-order valence-electron chi connectivity index (χ0n) is 14.4. The van der Waals surface area contributed by atoms with Gasteiger partial charge >= 0.3 is 0 Å². The highest BCUT2D eigenvalue weighted by Gasteiger charge is 2.10. The Bertz CT molecular complexity index is 845. The molecular weight excluding hydrogens is 310 g/mol. The predicted octanol–water partition coefficient (Wildman–Crippen LogP) is 4.82. The Morgan fingerprint density at radius 2 is 1.68 bits per heavy atom. The Hall–Kier alpha value is -3.14. The maximum atomic E-state index is 12.4. The molecule has 0 aliphatic carbocycles. The minimum Gasteiger partial charge on any atom is -0.378 e. The number of carbonyl (C=O) groups is 1. The Morgan fingerprint density at radius 3 is 2.40 bits per heavy atom. The highest BCUT2D eigenvalue weighted by molar-refractivity contribution is 6.03. The van der Waals surface area contributed by atoms with Crippen LogP contribution in [0, 0.1) is 6.92 Å². The van der Waals surface area contributed by atoms with Gasteiger partial charge in [-0.1, -0.05) is 48.0 Å². The van der Waals surface area contributed by atoms with Crippen molar-refractivity contribution in [2.24, 2.45) is 0 Å². The summed E-state index contributed by atoms with van der Waals surface area (Å²) in [5.41, 5.74) is 4.34. The first-order chi connectivity index (χ1) is 12.1. The van der Waals surface area contributed by atoms with Crippen LogP contribution in [0.15, 0.2) is 72.9 Å². The Balaban J connectivity index is 1.70. The SMILES string of the molecule is Cc1ccc(NC(=O)c2cc(NC(C)c3ccccc3)ccn2)cc1. The fourth-order valence-corrected chi connectivity index (χ4v) is 2.55. The lowest BCUT2D eigenvalue weighted by Gasteiger charge is -2.16. The van der Waals surface area contributed by atoms with E-state index < -0.39 is 0 Å². The number of pyridine rings is 1. The number of nitrogens with zero attached hydrogens (tertiary/aromatic N) is 1. The van der Waals surface area contributed by atoms with Crippen molar-refractivity contribution < 1.29 is 4.79 Å². The van der Waals surface area contributed by atoms with Gasteiger partial charge in [0.2, 0.25) is 0 Å². The van der Waals surface area contributed by atoms with Crippen molar-refractivity contribution in [2.75, 3.05) is 10.6 Å². The molecule has 0 saturated heterocycles. The van der Waals surface area contributed by atoms with E-state index in [0.29, 0.717) is 5.69 Å². The molecule has 0 saturated carbocycles. The van der Waals surface area contributed by atoms with Crippen LogP contribution >= 0.6 is 0 Å². The Labute approximate surface area is 147 Å². The van der Waals surface area contributed by atoms with Gasteiger partial charge in [-0.2, -0.15) is 0 Å². The van der Waals surface area contributed by atoms with E-state index in [0.717, 1.165) is 16.9 Å². The van der Waals surface area contributed by atoms with Gasteiger partial charge in [-0.25, -0.2) is 0 Å². The zero-order valence-corrected chi connectivity index (χ0v) is 14.4. The number of carbonyl (C=O) groups excluding carboxylic acids is 1. The number of anilines is 2. The molecule has 1 aromatic heterocycles. The summed E-state index contributed by atoms with van der Waals surface area (Å²) in [5, 5.41) is 6.27. The van der Waals surface area contributed by atoms with E-state index in [2.05, 4.69) is 34.7 Å². The number of amides is 1. The van der Waals surface area contributed by atoms with Crippen molar-refractivity contribution in [2.45, 2.75) is 19.9 Å². The molecule has 0 radical (unpaired) electrons. The van der Waals surface area contributed by atoms with E-state index in [1.54, 1.807) is 12.3 Å². The van der Waals surface area contributed by atoms with E-state index in [9.17, 15) is 4.79 Å². The first-order valence-electron chi connectivity index (χ1n) is 8.27. The lowest BCUT2D eigenvalue weighted by molar-refractivity contribution is 0.102. The van der Waals surface area contributed by atoms with Crippen molar-refractivity contribution in [3.05, 3.63) is 89.7 Å². The van der Waals surface area contributed by atoms with Crippen molar-refractivity contribution in [1.29, 1.82) is 0 Å². The summed E-state index contributed by atoms with van der Waals surface area (Å²) in [7, 11) is 0. The average molecular weight is 331 g/mol. The summed E-state index contributed by atoms with van der Waals surface area (Å²) >= 11 is 0. The van der Waals surface area contributed by atoms with Gasteiger partial charge in [0.15, 0.2) is 0 Å². The van der Waals surface area contributed by atoms with Crippen LogP contribution in [-0.2, 0) is 0 Å². The second-order valence-corrected chi connectivity index (χ2v) is 6.03. The van der Waals surface area contributed by atoms with E-state index in [1.807, 2.05) is 55.5 Å². The third-order valence-corrected chi connectivity index (χ3v) is 3.98. The molecule has 2 N–H and O–H groups in total. The van der Waals surface area contributed by atoms with Crippen LogP contribution in [0.4, 0.5) is 11.4 Å². The van der Waals surface area contributed by atoms with E-state index >= 15 is 0 Å². The summed E-state index contributed by atoms with van der Waals surface area (Å²) in [6.07, 6.45) is 1.64. The zero-order chi connectivity index (χ0) is 17.6. The largest absolute Gasteiger partial charge is 0.378 e. The molecule has 0 spiro atoms. The Morgan fingerprint density at radius 1 is 0.960 bits per heavy atom. The quantitative estimate of drug-likeness (QED) is 0.705. The van der Waals surface area contributed by atoms with Crippen LogP contribution in [-0.4, -0.2) is 10.9 Å². The molecule has 1 unspecified atom stereocenters. The van der Waals surface area contributed by atoms with Gasteiger partial charge in [0.25, 0.3) is 5.91 Å². The molecular formula is C21H21N3O. The minimum atomic E-state index is -0.222. The van der Waals surface area contributed by atoms with Crippen LogP contribution in [0.2, 0.25) is 0 Å². The molecule has 126 valence electrons. The number of aryl methyl sites for hydroxylation is 1. The molecule has 1 atom stereocenters. The standard InChI is InChI=1S/C21H21N3O/c1-15-8-10-18(11-9-15)24-21(25)20-14-19(12-13-22-20)23-16(2)17-6-4-3-5-7-17/h3-14,16H,1-2H3,(H,22,23)(H,24,25). The summed E-state index contributed by atoms with van der Waals surface area (Å²) in [6.45, 7) is 4.10. The summed E-state index contributed by atoms with van der Waals surface area (Å²) in [6, 6.07) is 21.6. The maximum Gasteiger partial charge on any atom is 0.274 e. The van der Waals surface area contributed by atoms with Crippen LogP contribution < -0.4 is 10.6 Å². The fraction of sp³-hybridized carbons (Fsp3) is 0.143. The van der Waals surface area contributed by atoms with Crippen molar-refractivity contribution in [3.8, 4) is 0 Å². The molecule has 1 heterocycles. The van der Waals surface area contributed by atoms with Gasteiger partial charge in [0, 0.05) is 23.6 Å². The molecule has 0 bridgehead atoms. The monoisotopic (exact) mass is 331 g/mol. The third-order valence-electron chi connectivity index (χ3n) is 3.98. The number of benzene rings is 2. The maximum absolute atomic E-state index is 12.4. The fourth-order valence-electron chi connectivity index (χ4n) is 2.55. The van der Waals surface area contributed by atoms with Crippen molar-refractivity contribution in [1.82, 2.24) is 4.98 Å². The highest BCUT2D eigenvalue weighted by atomic mass is 16.1. The molecule has 25 heavy (non-hydrogen) atoms. The van der Waals surface area contributed by atoms with E-state index in [4.69, 9.17) is 0 Å². The third kappa shape index (κ3) is 4.44. The summed E-state index contributed by atoms with van der Waals surface area (Å²) in [5.74, 6) is -0.222. The second-order valence-electron chi connectivity index (χ2n) is 6.03. The van der Waals surface area contributed by atoms with Crippen molar-refractivity contribution in [3.63, 3.8) is 0 Å². The summed E-state index contributed by atoms with van der Waals surface area (Å²) < 4.78 is 0. The van der Waals surface area contributed by atoms with Crippen molar-refractivity contribution >= 4 is 17.3 Å². The average Bonchev–Trinajstić information content (AvgIpc) is 2.64. The molecule has 0 aliphatic heterocycles. The van der Waals surface area contributed by atoms with Gasteiger partial charge in [0.1, 0.15) is 5.69 Å². The number of nitrogens with one attached hydrogen (secondary N) is 2. The lowest BCUT2D eigenvalue weighted by Crippen LogP contribution is -2.14. The highest BCUT2D eigenvalue weighted by Crippen LogP contribution is 2.19. The molecule has 3 aromatic rings. The van der Waals surface area contributed by atoms with Crippen LogP contribution in [0.5, 0.6) is 0 Å². The number of rotatable bonds is 5. The number of aromatic nitrogens is 1. The van der Waals surface area contributed by atoms with Gasteiger partial charge in [-0.05, 0) is 43.7 Å². The van der Waals surface area contributed by atoms with Gasteiger partial charge in [0.05, 0.1) is 0 Å². The first kappa shape index (κ1) is 16.7. The number of hydrogen-bond donors (Lipinski definition) is 2. The van der Waals surface area contributed by atoms with Gasteiger partial charge in [-0.3, -0.25) is 9.78 Å². The minimum absolute atomic E-state index is 0.136. The molecule has 0 aliphatic rings. The smallest absolute Gasteiger partial charge is 0.274 e. The molecule has 4 nitrogen and oxygen atoms in total. The van der Waals surface area contributed by atoms with Gasteiger partial charge in [-0.15, -0.1) is 0 Å². The topological polar surface area (TPSA) is 54.0 Å². The van der Waals surface area contributed by atoms with Crippen LogP contribution in [0.25, 0.3) is 0 Å². The number of hydrogen-bond acceptors (Lipinski definition) is 3. The molecule has 1 amide bonds. The van der Waals surface area contributed by atoms with Gasteiger partial charge < -0.3 is 10.6 Å². The normalized spacial score (nSPS) is 11.6. The lowest BCUT2D eigenvalue weighted by atomic mass is 10.1. The molecule has 2 aromatic carbocycles.